The summed E-state index contributed by atoms with van der Waals surface area (Å²) in [5.74, 6) is -0.336. The van der Waals surface area contributed by atoms with Crippen LogP contribution in [0.25, 0.3) is 11.3 Å². The van der Waals surface area contributed by atoms with E-state index in [1.165, 1.54) is 26.2 Å². The van der Waals surface area contributed by atoms with Gasteiger partial charge in [0.25, 0.3) is 5.91 Å². The molecule has 1 N–H and O–H groups in total. The second-order valence-corrected chi connectivity index (χ2v) is 9.07. The van der Waals surface area contributed by atoms with Gasteiger partial charge < -0.3 is 5.32 Å². The fourth-order valence-corrected chi connectivity index (χ4v) is 3.80. The number of aromatic nitrogens is 1. The maximum absolute atomic E-state index is 12.8. The maximum atomic E-state index is 12.8. The topological polar surface area (TPSA) is 79.4 Å². The van der Waals surface area contributed by atoms with Crippen LogP contribution in [0.3, 0.4) is 0 Å². The number of pyridine rings is 1. The number of hydrogen-bond donors (Lipinski definition) is 1. The second-order valence-electron chi connectivity index (χ2n) is 6.91. The van der Waals surface area contributed by atoms with Crippen molar-refractivity contribution in [1.82, 2.24) is 9.29 Å². The average Bonchev–Trinajstić information content (AvgIpc) is 2.69. The predicted molar refractivity (Wildman–Crippen MR) is 114 cm³/mol. The van der Waals surface area contributed by atoms with E-state index >= 15 is 0 Å². The highest BCUT2D eigenvalue weighted by Gasteiger charge is 2.19. The molecule has 1 heterocycles. The Hall–Kier alpha value is -3.03. The van der Waals surface area contributed by atoms with Gasteiger partial charge in [-0.15, -0.1) is 0 Å². The molecule has 1 amide bonds. The largest absolute Gasteiger partial charge is 0.322 e. The third-order valence-electron chi connectivity index (χ3n) is 4.64. The lowest BCUT2D eigenvalue weighted by Crippen LogP contribution is -2.22. The summed E-state index contributed by atoms with van der Waals surface area (Å²) >= 11 is 0. The van der Waals surface area contributed by atoms with Crippen LogP contribution in [-0.4, -0.2) is 37.7 Å². The zero-order valence-corrected chi connectivity index (χ0v) is 17.6. The van der Waals surface area contributed by atoms with Crippen molar-refractivity contribution < 1.29 is 13.2 Å². The lowest BCUT2D eigenvalue weighted by atomic mass is 10.1. The lowest BCUT2D eigenvalue weighted by molar-refractivity contribution is 0.102. The summed E-state index contributed by atoms with van der Waals surface area (Å²) in [5, 5.41) is 2.82. The SMILES string of the molecule is Cc1ccc(S(=O)(=O)N(C)C)cc1NC(=O)c1ccc(-c2ccccc2)nc1C. The van der Waals surface area contributed by atoms with Gasteiger partial charge in [0, 0.05) is 25.3 Å². The summed E-state index contributed by atoms with van der Waals surface area (Å²) < 4.78 is 25.9. The van der Waals surface area contributed by atoms with Gasteiger partial charge in [0.05, 0.1) is 21.8 Å². The zero-order valence-electron chi connectivity index (χ0n) is 16.8. The van der Waals surface area contributed by atoms with E-state index in [2.05, 4.69) is 10.3 Å². The molecule has 0 aliphatic carbocycles. The van der Waals surface area contributed by atoms with Gasteiger partial charge in [-0.25, -0.2) is 12.7 Å². The average molecular weight is 410 g/mol. The van der Waals surface area contributed by atoms with Crippen molar-refractivity contribution in [2.24, 2.45) is 0 Å². The van der Waals surface area contributed by atoms with Gasteiger partial charge in [-0.1, -0.05) is 36.4 Å². The van der Waals surface area contributed by atoms with Crippen LogP contribution in [0.2, 0.25) is 0 Å². The Balaban J connectivity index is 1.89. The number of rotatable bonds is 5. The standard InChI is InChI=1S/C22H23N3O3S/c1-15-10-11-18(29(27,28)25(3)4)14-21(15)24-22(26)19-12-13-20(23-16(19)2)17-8-6-5-7-9-17/h5-14H,1-4H3,(H,24,26). The van der Waals surface area contributed by atoms with Gasteiger partial charge in [-0.2, -0.15) is 0 Å². The van der Waals surface area contributed by atoms with Crippen molar-refractivity contribution in [2.45, 2.75) is 18.7 Å². The van der Waals surface area contributed by atoms with Crippen LogP contribution >= 0.6 is 0 Å². The smallest absolute Gasteiger partial charge is 0.257 e. The van der Waals surface area contributed by atoms with Crippen LogP contribution in [0, 0.1) is 13.8 Å². The van der Waals surface area contributed by atoms with E-state index in [0.717, 1.165) is 21.1 Å². The molecule has 6 nitrogen and oxygen atoms in total. The molecule has 3 aromatic rings. The molecule has 2 aromatic carbocycles. The molecular formula is C22H23N3O3S. The first-order chi connectivity index (χ1) is 13.7. The molecule has 0 unspecified atom stereocenters. The molecule has 150 valence electrons. The Labute approximate surface area is 171 Å². The van der Waals surface area contributed by atoms with Crippen LogP contribution in [0.1, 0.15) is 21.6 Å². The zero-order chi connectivity index (χ0) is 21.2. The maximum Gasteiger partial charge on any atom is 0.257 e. The van der Waals surface area contributed by atoms with Crippen molar-refractivity contribution >= 4 is 21.6 Å². The van der Waals surface area contributed by atoms with Crippen LogP contribution in [0.15, 0.2) is 65.6 Å². The molecule has 0 radical (unpaired) electrons. The van der Waals surface area contributed by atoms with E-state index in [1.54, 1.807) is 25.1 Å². The van der Waals surface area contributed by atoms with Crippen molar-refractivity contribution in [3.8, 4) is 11.3 Å². The number of nitrogens with zero attached hydrogens (tertiary/aromatic N) is 2. The minimum atomic E-state index is -3.59. The number of anilines is 1. The molecule has 0 atom stereocenters. The first-order valence-corrected chi connectivity index (χ1v) is 10.5. The number of sulfonamides is 1. The first kappa shape index (κ1) is 20.7. The second kappa shape index (κ2) is 8.14. The monoisotopic (exact) mass is 409 g/mol. The quantitative estimate of drug-likeness (QED) is 0.694. The van der Waals surface area contributed by atoms with Crippen LogP contribution in [0.4, 0.5) is 5.69 Å². The highest BCUT2D eigenvalue weighted by atomic mass is 32.2. The fraction of sp³-hybridized carbons (Fsp3) is 0.182. The summed E-state index contributed by atoms with van der Waals surface area (Å²) in [6.07, 6.45) is 0. The van der Waals surface area contributed by atoms with Gasteiger partial charge in [0.15, 0.2) is 0 Å². The first-order valence-electron chi connectivity index (χ1n) is 9.08. The molecule has 0 fully saturated rings. The summed E-state index contributed by atoms with van der Waals surface area (Å²) in [7, 11) is -0.653. The van der Waals surface area contributed by atoms with E-state index in [0.29, 0.717) is 16.9 Å². The molecule has 0 saturated carbocycles. The van der Waals surface area contributed by atoms with Gasteiger partial charge in [0.1, 0.15) is 0 Å². The highest BCUT2D eigenvalue weighted by molar-refractivity contribution is 7.89. The Morgan fingerprint density at radius 3 is 2.28 bits per heavy atom. The van der Waals surface area contributed by atoms with Gasteiger partial charge in [-0.3, -0.25) is 9.78 Å². The lowest BCUT2D eigenvalue weighted by Gasteiger charge is -2.15. The summed E-state index contributed by atoms with van der Waals surface area (Å²) in [6.45, 7) is 3.59. The number of nitrogens with one attached hydrogen (secondary N) is 1. The molecule has 3 rings (SSSR count). The van der Waals surface area contributed by atoms with E-state index < -0.39 is 10.0 Å². The Bertz CT molecular complexity index is 1160. The molecule has 7 heteroatoms. The van der Waals surface area contributed by atoms with E-state index in [9.17, 15) is 13.2 Å². The van der Waals surface area contributed by atoms with Gasteiger partial charge >= 0.3 is 0 Å². The van der Waals surface area contributed by atoms with Crippen molar-refractivity contribution in [2.75, 3.05) is 19.4 Å². The molecule has 0 aliphatic heterocycles. The summed E-state index contributed by atoms with van der Waals surface area (Å²) in [6, 6.07) is 17.9. The molecule has 0 aliphatic rings. The number of benzene rings is 2. The Kier molecular flexibility index (Phi) is 5.81. The van der Waals surface area contributed by atoms with Crippen LogP contribution < -0.4 is 5.32 Å². The van der Waals surface area contributed by atoms with Crippen LogP contribution in [0.5, 0.6) is 0 Å². The van der Waals surface area contributed by atoms with Crippen LogP contribution in [-0.2, 0) is 10.0 Å². The molecular weight excluding hydrogens is 386 g/mol. The Morgan fingerprint density at radius 2 is 1.66 bits per heavy atom. The number of carbonyl (C=O) groups excluding carboxylic acids is 1. The predicted octanol–water partition coefficient (Wildman–Crippen LogP) is 3.87. The fourth-order valence-electron chi connectivity index (χ4n) is 2.87. The molecule has 0 saturated heterocycles. The van der Waals surface area contributed by atoms with Crippen molar-refractivity contribution in [3.63, 3.8) is 0 Å². The van der Waals surface area contributed by atoms with E-state index in [-0.39, 0.29) is 10.8 Å². The minimum Gasteiger partial charge on any atom is -0.322 e. The number of carbonyl (C=O) groups is 1. The highest BCUT2D eigenvalue weighted by Crippen LogP contribution is 2.24. The van der Waals surface area contributed by atoms with Crippen molar-refractivity contribution in [3.05, 3.63) is 77.5 Å². The molecule has 29 heavy (non-hydrogen) atoms. The van der Waals surface area contributed by atoms with E-state index in [1.807, 2.05) is 37.3 Å². The summed E-state index contributed by atoms with van der Waals surface area (Å²) in [5.41, 5.74) is 4.01. The molecule has 0 bridgehead atoms. The van der Waals surface area contributed by atoms with Crippen molar-refractivity contribution in [1.29, 1.82) is 0 Å². The van der Waals surface area contributed by atoms with Gasteiger partial charge in [-0.05, 0) is 43.7 Å². The number of hydrogen-bond acceptors (Lipinski definition) is 4. The van der Waals surface area contributed by atoms with E-state index in [4.69, 9.17) is 0 Å². The minimum absolute atomic E-state index is 0.123. The number of aryl methyl sites for hydroxylation is 2. The molecule has 1 aromatic heterocycles. The van der Waals surface area contributed by atoms with Gasteiger partial charge in [0.2, 0.25) is 10.0 Å². The third kappa shape index (κ3) is 4.36. The summed E-state index contributed by atoms with van der Waals surface area (Å²) in [4.78, 5) is 17.5. The normalized spacial score (nSPS) is 11.5. The third-order valence-corrected chi connectivity index (χ3v) is 6.45. The molecule has 0 spiro atoms. The Morgan fingerprint density at radius 1 is 0.966 bits per heavy atom. The number of amides is 1.